The molecule has 1 fully saturated rings. The summed E-state index contributed by atoms with van der Waals surface area (Å²) in [5, 5.41) is 3.21. The molecule has 1 aliphatic rings. The van der Waals surface area contributed by atoms with E-state index in [1.54, 1.807) is 6.07 Å². The van der Waals surface area contributed by atoms with Gasteiger partial charge in [-0.2, -0.15) is 0 Å². The molecule has 0 aliphatic heterocycles. The molecule has 21 heavy (non-hydrogen) atoms. The lowest BCUT2D eigenvalue weighted by Crippen LogP contribution is -2.13. The van der Waals surface area contributed by atoms with Gasteiger partial charge in [0.1, 0.15) is 11.6 Å². The second-order valence-electron chi connectivity index (χ2n) is 5.58. The van der Waals surface area contributed by atoms with Crippen molar-refractivity contribution in [3.8, 4) is 16.9 Å². The van der Waals surface area contributed by atoms with Crippen LogP contribution in [-0.2, 0) is 0 Å². The van der Waals surface area contributed by atoms with E-state index >= 15 is 0 Å². The van der Waals surface area contributed by atoms with Gasteiger partial charge in [-0.05, 0) is 67.8 Å². The van der Waals surface area contributed by atoms with E-state index in [2.05, 4.69) is 12.2 Å². The van der Waals surface area contributed by atoms with Gasteiger partial charge in [0, 0.05) is 6.04 Å². The maximum atomic E-state index is 13.6. The maximum Gasteiger partial charge on any atom is 0.123 e. The third-order valence-electron chi connectivity index (χ3n) is 3.91. The molecule has 1 atom stereocenters. The fraction of sp³-hybridized carbons (Fsp3) is 0.333. The minimum atomic E-state index is -0.213. The van der Waals surface area contributed by atoms with Crippen molar-refractivity contribution in [1.29, 1.82) is 0 Å². The van der Waals surface area contributed by atoms with Gasteiger partial charge in [-0.25, -0.2) is 4.39 Å². The lowest BCUT2D eigenvalue weighted by Gasteiger charge is -2.16. The molecule has 3 heteroatoms. The summed E-state index contributed by atoms with van der Waals surface area (Å²) in [6.07, 6.45) is 2.69. The second kappa shape index (κ2) is 5.86. The highest BCUT2D eigenvalue weighted by molar-refractivity contribution is 5.68. The molecule has 2 aromatic carbocycles. The van der Waals surface area contributed by atoms with E-state index in [0.29, 0.717) is 6.10 Å². The first-order valence-corrected chi connectivity index (χ1v) is 7.41. The highest BCUT2D eigenvalue weighted by Gasteiger charge is 2.23. The van der Waals surface area contributed by atoms with E-state index in [9.17, 15) is 4.39 Å². The monoisotopic (exact) mass is 285 g/mol. The Morgan fingerprint density at radius 2 is 1.86 bits per heavy atom. The molecule has 2 aromatic rings. The lowest BCUT2D eigenvalue weighted by molar-refractivity contribution is 0.303. The second-order valence-corrected chi connectivity index (χ2v) is 5.58. The Morgan fingerprint density at radius 1 is 1.14 bits per heavy atom. The molecule has 0 amide bonds. The Morgan fingerprint density at radius 3 is 2.48 bits per heavy atom. The van der Waals surface area contributed by atoms with E-state index in [1.165, 1.54) is 6.07 Å². The molecule has 3 rings (SSSR count). The van der Waals surface area contributed by atoms with Gasteiger partial charge in [0.2, 0.25) is 0 Å². The maximum absolute atomic E-state index is 13.6. The molecule has 1 saturated carbocycles. The van der Waals surface area contributed by atoms with Crippen LogP contribution in [0, 0.1) is 5.82 Å². The summed E-state index contributed by atoms with van der Waals surface area (Å²) in [7, 11) is 1.91. The fourth-order valence-corrected chi connectivity index (χ4v) is 2.40. The van der Waals surface area contributed by atoms with Gasteiger partial charge in [0.05, 0.1) is 6.10 Å². The van der Waals surface area contributed by atoms with Crippen LogP contribution in [0.5, 0.6) is 5.75 Å². The highest BCUT2D eigenvalue weighted by Crippen LogP contribution is 2.32. The Kier molecular flexibility index (Phi) is 3.93. The van der Waals surface area contributed by atoms with Crippen molar-refractivity contribution in [2.24, 2.45) is 0 Å². The van der Waals surface area contributed by atoms with Crippen molar-refractivity contribution >= 4 is 0 Å². The summed E-state index contributed by atoms with van der Waals surface area (Å²) in [5.41, 5.74) is 3.03. The van der Waals surface area contributed by atoms with Gasteiger partial charge < -0.3 is 10.1 Å². The average Bonchev–Trinajstić information content (AvgIpc) is 3.31. The van der Waals surface area contributed by atoms with Crippen LogP contribution in [0.25, 0.3) is 11.1 Å². The zero-order valence-corrected chi connectivity index (χ0v) is 12.4. The minimum Gasteiger partial charge on any atom is -0.490 e. The summed E-state index contributed by atoms with van der Waals surface area (Å²) in [4.78, 5) is 0. The molecule has 110 valence electrons. The fourth-order valence-electron chi connectivity index (χ4n) is 2.40. The van der Waals surface area contributed by atoms with E-state index in [1.807, 2.05) is 37.4 Å². The molecule has 0 radical (unpaired) electrons. The standard InChI is InChI=1S/C18H20FNO/c1-12(20-2)17-10-5-14(19)11-18(17)13-3-6-15(7-4-13)21-16-8-9-16/h3-7,10-12,16,20H,8-9H2,1-2H3. The topological polar surface area (TPSA) is 21.3 Å². The Hall–Kier alpha value is -1.87. The van der Waals surface area contributed by atoms with Gasteiger partial charge in [-0.3, -0.25) is 0 Å². The highest BCUT2D eigenvalue weighted by atomic mass is 19.1. The van der Waals surface area contributed by atoms with Crippen LogP contribution >= 0.6 is 0 Å². The van der Waals surface area contributed by atoms with E-state index in [4.69, 9.17) is 4.74 Å². The van der Waals surface area contributed by atoms with Crippen molar-refractivity contribution in [2.75, 3.05) is 7.05 Å². The third-order valence-corrected chi connectivity index (χ3v) is 3.91. The Balaban J connectivity index is 1.92. The van der Waals surface area contributed by atoms with Gasteiger partial charge in [-0.1, -0.05) is 18.2 Å². The van der Waals surface area contributed by atoms with E-state index in [0.717, 1.165) is 35.3 Å². The molecule has 0 heterocycles. The number of benzene rings is 2. The normalized spacial score (nSPS) is 15.8. The van der Waals surface area contributed by atoms with Crippen LogP contribution in [-0.4, -0.2) is 13.2 Å². The van der Waals surface area contributed by atoms with Gasteiger partial charge in [-0.15, -0.1) is 0 Å². The Bertz CT molecular complexity index is 620. The van der Waals surface area contributed by atoms with E-state index in [-0.39, 0.29) is 11.9 Å². The molecule has 0 aromatic heterocycles. The first-order chi connectivity index (χ1) is 10.2. The largest absolute Gasteiger partial charge is 0.490 e. The van der Waals surface area contributed by atoms with Crippen LogP contribution in [0.2, 0.25) is 0 Å². The summed E-state index contributed by atoms with van der Waals surface area (Å²) in [5.74, 6) is 0.677. The minimum absolute atomic E-state index is 0.169. The predicted molar refractivity (Wildman–Crippen MR) is 83.0 cm³/mol. The van der Waals surface area contributed by atoms with Gasteiger partial charge in [0.25, 0.3) is 0 Å². The summed E-state index contributed by atoms with van der Waals surface area (Å²) < 4.78 is 19.4. The van der Waals surface area contributed by atoms with Crippen LogP contribution in [0.1, 0.15) is 31.4 Å². The first-order valence-electron chi connectivity index (χ1n) is 7.41. The SMILES string of the molecule is CNC(C)c1ccc(F)cc1-c1ccc(OC2CC2)cc1. The molecule has 2 nitrogen and oxygen atoms in total. The van der Waals surface area contributed by atoms with Gasteiger partial charge >= 0.3 is 0 Å². The molecule has 0 saturated heterocycles. The van der Waals surface area contributed by atoms with Crippen molar-refractivity contribution in [2.45, 2.75) is 31.9 Å². The zero-order valence-electron chi connectivity index (χ0n) is 12.4. The molecule has 0 spiro atoms. The lowest BCUT2D eigenvalue weighted by atomic mass is 9.95. The predicted octanol–water partition coefficient (Wildman–Crippen LogP) is 4.31. The molecular weight excluding hydrogens is 265 g/mol. The number of rotatable bonds is 5. The summed E-state index contributed by atoms with van der Waals surface area (Å²) in [6, 6.07) is 13.1. The Labute approximate surface area is 125 Å². The number of hydrogen-bond acceptors (Lipinski definition) is 2. The molecule has 1 aliphatic carbocycles. The van der Waals surface area contributed by atoms with Crippen LogP contribution in [0.3, 0.4) is 0 Å². The smallest absolute Gasteiger partial charge is 0.123 e. The van der Waals surface area contributed by atoms with Crippen molar-refractivity contribution in [3.63, 3.8) is 0 Å². The molecular formula is C18H20FNO. The summed E-state index contributed by atoms with van der Waals surface area (Å²) >= 11 is 0. The van der Waals surface area contributed by atoms with Crippen molar-refractivity contribution in [1.82, 2.24) is 5.32 Å². The number of halogens is 1. The summed E-state index contributed by atoms with van der Waals surface area (Å²) in [6.45, 7) is 2.07. The number of hydrogen-bond donors (Lipinski definition) is 1. The van der Waals surface area contributed by atoms with Crippen molar-refractivity contribution in [3.05, 3.63) is 53.8 Å². The molecule has 1 N–H and O–H groups in total. The zero-order chi connectivity index (χ0) is 14.8. The molecule has 0 bridgehead atoms. The third kappa shape index (κ3) is 3.24. The van der Waals surface area contributed by atoms with Crippen molar-refractivity contribution < 1.29 is 9.13 Å². The number of nitrogens with one attached hydrogen (secondary N) is 1. The van der Waals surface area contributed by atoms with Gasteiger partial charge in [0.15, 0.2) is 0 Å². The average molecular weight is 285 g/mol. The van der Waals surface area contributed by atoms with E-state index < -0.39 is 0 Å². The van der Waals surface area contributed by atoms with Crippen LogP contribution in [0.4, 0.5) is 4.39 Å². The van der Waals surface area contributed by atoms with Crippen LogP contribution < -0.4 is 10.1 Å². The number of ether oxygens (including phenoxy) is 1. The van der Waals surface area contributed by atoms with Crippen LogP contribution in [0.15, 0.2) is 42.5 Å². The first kappa shape index (κ1) is 14.1. The molecule has 1 unspecified atom stereocenters. The quantitative estimate of drug-likeness (QED) is 0.883.